The second kappa shape index (κ2) is 11.5. The first-order chi connectivity index (χ1) is 16.3. The summed E-state index contributed by atoms with van der Waals surface area (Å²) in [5, 5.41) is 9.66. The van der Waals surface area contributed by atoms with Crippen LogP contribution in [-0.2, 0) is 33.1 Å². The first-order valence-electron chi connectivity index (χ1n) is 11.2. The SMILES string of the molecule is CC(=O)OC(CC(CCc1ccccc1)C(=O)O)C(F)(F)c1ccc(Cc2ccccc2)cc1. The van der Waals surface area contributed by atoms with Crippen LogP contribution in [0.4, 0.5) is 8.78 Å². The lowest BCUT2D eigenvalue weighted by molar-refractivity contribution is -0.179. The normalized spacial score (nSPS) is 13.1. The Hall–Kier alpha value is -3.54. The zero-order valence-corrected chi connectivity index (χ0v) is 19.0. The van der Waals surface area contributed by atoms with Crippen LogP contribution in [0.5, 0.6) is 0 Å². The smallest absolute Gasteiger partial charge is 0.309 e. The van der Waals surface area contributed by atoms with Crippen LogP contribution in [0.1, 0.15) is 42.0 Å². The predicted octanol–water partition coefficient (Wildman–Crippen LogP) is 6.02. The number of hydrogen-bond donors (Lipinski definition) is 1. The van der Waals surface area contributed by atoms with Gasteiger partial charge in [0.1, 0.15) is 0 Å². The van der Waals surface area contributed by atoms with Crippen molar-refractivity contribution in [2.45, 2.75) is 44.6 Å². The maximum Gasteiger partial charge on any atom is 0.309 e. The maximum absolute atomic E-state index is 15.5. The predicted molar refractivity (Wildman–Crippen MR) is 126 cm³/mol. The summed E-state index contributed by atoms with van der Waals surface area (Å²) < 4.78 is 35.9. The largest absolute Gasteiger partial charge is 0.481 e. The lowest BCUT2D eigenvalue weighted by Gasteiger charge is -2.29. The van der Waals surface area contributed by atoms with E-state index < -0.39 is 36.3 Å². The number of hydrogen-bond acceptors (Lipinski definition) is 3. The molecule has 3 rings (SSSR count). The van der Waals surface area contributed by atoms with Crippen molar-refractivity contribution in [2.75, 3.05) is 0 Å². The molecule has 1 N–H and O–H groups in total. The van der Waals surface area contributed by atoms with E-state index in [2.05, 4.69) is 0 Å². The molecule has 4 nitrogen and oxygen atoms in total. The standard InChI is InChI=1S/C28H28F2O4/c1-20(31)34-26(19-24(27(32)33)15-12-21-8-4-2-5-9-21)28(29,30)25-16-13-23(14-17-25)18-22-10-6-3-7-11-22/h2-11,13-14,16-17,24,26H,12,15,18-19H2,1H3,(H,32,33). The van der Waals surface area contributed by atoms with Gasteiger partial charge in [-0.3, -0.25) is 9.59 Å². The summed E-state index contributed by atoms with van der Waals surface area (Å²) in [6.45, 7) is 1.05. The van der Waals surface area contributed by atoms with Gasteiger partial charge in [-0.25, -0.2) is 0 Å². The van der Waals surface area contributed by atoms with E-state index in [9.17, 15) is 14.7 Å². The van der Waals surface area contributed by atoms with E-state index >= 15 is 8.78 Å². The second-order valence-electron chi connectivity index (χ2n) is 8.38. The first-order valence-corrected chi connectivity index (χ1v) is 11.2. The number of benzene rings is 3. The Balaban J connectivity index is 1.76. The van der Waals surface area contributed by atoms with Crippen LogP contribution in [0.3, 0.4) is 0 Å². The van der Waals surface area contributed by atoms with Gasteiger partial charge in [0.15, 0.2) is 6.10 Å². The molecule has 6 heteroatoms. The summed E-state index contributed by atoms with van der Waals surface area (Å²) >= 11 is 0. The van der Waals surface area contributed by atoms with Crippen LogP contribution in [-0.4, -0.2) is 23.1 Å². The maximum atomic E-state index is 15.5. The topological polar surface area (TPSA) is 63.6 Å². The number of carbonyl (C=O) groups is 2. The summed E-state index contributed by atoms with van der Waals surface area (Å²) in [7, 11) is 0. The number of alkyl halides is 2. The number of esters is 1. The molecule has 0 saturated carbocycles. The number of ether oxygens (including phenoxy) is 1. The Morgan fingerprint density at radius 1 is 0.853 bits per heavy atom. The van der Waals surface area contributed by atoms with Gasteiger partial charge in [-0.1, -0.05) is 84.9 Å². The Morgan fingerprint density at radius 2 is 1.38 bits per heavy atom. The number of carboxylic acids is 1. The van der Waals surface area contributed by atoms with Crippen LogP contribution < -0.4 is 0 Å². The minimum atomic E-state index is -3.54. The number of carbonyl (C=O) groups excluding carboxylic acids is 1. The van der Waals surface area contributed by atoms with Crippen molar-refractivity contribution in [2.24, 2.45) is 5.92 Å². The first kappa shape index (κ1) is 25.1. The Bertz CT molecular complexity index is 1070. The molecule has 2 atom stereocenters. The number of halogens is 2. The van der Waals surface area contributed by atoms with Gasteiger partial charge >= 0.3 is 17.9 Å². The summed E-state index contributed by atoms with van der Waals surface area (Å²) in [4.78, 5) is 23.5. The number of aryl methyl sites for hydroxylation is 1. The molecule has 34 heavy (non-hydrogen) atoms. The fourth-order valence-corrected chi connectivity index (χ4v) is 3.92. The van der Waals surface area contributed by atoms with Crippen LogP contribution in [0.15, 0.2) is 84.9 Å². The molecular formula is C28H28F2O4. The van der Waals surface area contributed by atoms with Crippen LogP contribution in [0, 0.1) is 5.92 Å². The van der Waals surface area contributed by atoms with Crippen molar-refractivity contribution in [3.8, 4) is 0 Å². The molecule has 0 amide bonds. The monoisotopic (exact) mass is 466 g/mol. The number of carboxylic acid groups (broad SMARTS) is 1. The Kier molecular flexibility index (Phi) is 8.52. The van der Waals surface area contributed by atoms with E-state index in [1.54, 1.807) is 12.1 Å². The summed E-state index contributed by atoms with van der Waals surface area (Å²) in [6.07, 6.45) is -1.20. The molecule has 0 radical (unpaired) electrons. The average molecular weight is 467 g/mol. The molecule has 0 aliphatic carbocycles. The molecule has 0 spiro atoms. The van der Waals surface area contributed by atoms with Crippen LogP contribution in [0.2, 0.25) is 0 Å². The average Bonchev–Trinajstić information content (AvgIpc) is 2.82. The Morgan fingerprint density at radius 3 is 1.91 bits per heavy atom. The molecule has 178 valence electrons. The molecule has 0 bridgehead atoms. The highest BCUT2D eigenvalue weighted by Gasteiger charge is 2.45. The fraction of sp³-hybridized carbons (Fsp3) is 0.286. The van der Waals surface area contributed by atoms with Crippen molar-refractivity contribution in [3.05, 3.63) is 107 Å². The van der Waals surface area contributed by atoms with Crippen molar-refractivity contribution >= 4 is 11.9 Å². The summed E-state index contributed by atoms with van der Waals surface area (Å²) in [6, 6.07) is 24.7. The van der Waals surface area contributed by atoms with Gasteiger partial charge in [-0.05, 0) is 36.0 Å². The van der Waals surface area contributed by atoms with Gasteiger partial charge in [0.25, 0.3) is 0 Å². The highest BCUT2D eigenvalue weighted by Crippen LogP contribution is 2.38. The van der Waals surface area contributed by atoms with E-state index in [-0.39, 0.29) is 12.0 Å². The third-order valence-electron chi connectivity index (χ3n) is 5.77. The third-order valence-corrected chi connectivity index (χ3v) is 5.77. The van der Waals surface area contributed by atoms with E-state index in [1.807, 2.05) is 60.7 Å². The molecular weight excluding hydrogens is 438 g/mol. The van der Waals surface area contributed by atoms with Crippen molar-refractivity contribution < 1.29 is 28.2 Å². The lowest BCUT2D eigenvalue weighted by atomic mass is 9.89. The second-order valence-corrected chi connectivity index (χ2v) is 8.38. The molecule has 3 aromatic rings. The lowest BCUT2D eigenvalue weighted by Crippen LogP contribution is -2.38. The fourth-order valence-electron chi connectivity index (χ4n) is 3.92. The minimum Gasteiger partial charge on any atom is -0.481 e. The molecule has 0 aromatic heterocycles. The van der Waals surface area contributed by atoms with Gasteiger partial charge in [0.05, 0.1) is 5.92 Å². The van der Waals surface area contributed by atoms with Crippen LogP contribution in [0.25, 0.3) is 0 Å². The van der Waals surface area contributed by atoms with E-state index in [0.29, 0.717) is 12.8 Å². The van der Waals surface area contributed by atoms with Gasteiger partial charge < -0.3 is 9.84 Å². The number of aliphatic carboxylic acids is 1. The summed E-state index contributed by atoms with van der Waals surface area (Å²) in [5.41, 5.74) is 2.52. The van der Waals surface area contributed by atoms with E-state index in [1.165, 1.54) is 12.1 Å². The van der Waals surface area contributed by atoms with Gasteiger partial charge in [0, 0.05) is 18.9 Å². The molecule has 0 saturated heterocycles. The summed E-state index contributed by atoms with van der Waals surface area (Å²) in [5.74, 6) is -6.70. The van der Waals surface area contributed by atoms with Gasteiger partial charge in [0.2, 0.25) is 0 Å². The van der Waals surface area contributed by atoms with E-state index in [4.69, 9.17) is 4.74 Å². The molecule has 0 fully saturated rings. The highest BCUT2D eigenvalue weighted by molar-refractivity contribution is 5.70. The van der Waals surface area contributed by atoms with Crippen LogP contribution >= 0.6 is 0 Å². The molecule has 0 heterocycles. The number of rotatable bonds is 11. The molecule has 0 aliphatic rings. The molecule has 0 aliphatic heterocycles. The minimum absolute atomic E-state index is 0.156. The van der Waals surface area contributed by atoms with Crippen molar-refractivity contribution in [1.29, 1.82) is 0 Å². The third kappa shape index (κ3) is 6.98. The quantitative estimate of drug-likeness (QED) is 0.351. The Labute approximate surface area is 198 Å². The van der Waals surface area contributed by atoms with Crippen molar-refractivity contribution in [3.63, 3.8) is 0 Å². The molecule has 3 aromatic carbocycles. The zero-order chi connectivity index (χ0) is 24.6. The zero-order valence-electron chi connectivity index (χ0n) is 19.0. The van der Waals surface area contributed by atoms with E-state index in [0.717, 1.165) is 23.6 Å². The van der Waals surface area contributed by atoms with Gasteiger partial charge in [-0.2, -0.15) is 8.78 Å². The van der Waals surface area contributed by atoms with Crippen molar-refractivity contribution in [1.82, 2.24) is 0 Å². The molecule has 2 unspecified atom stereocenters. The highest BCUT2D eigenvalue weighted by atomic mass is 19.3. The van der Waals surface area contributed by atoms with Gasteiger partial charge in [-0.15, -0.1) is 0 Å².